The van der Waals surface area contributed by atoms with Crippen LogP contribution in [0.5, 0.6) is 0 Å². The fourth-order valence-electron chi connectivity index (χ4n) is 1.58. The van der Waals surface area contributed by atoms with Crippen LogP contribution in [0, 0.1) is 10.1 Å². The molecular formula is C11H9ClN2O4. The van der Waals surface area contributed by atoms with Gasteiger partial charge in [0.05, 0.1) is 5.56 Å². The van der Waals surface area contributed by atoms with Crippen molar-refractivity contribution in [3.8, 4) is 0 Å². The number of aromatic amines is 1. The summed E-state index contributed by atoms with van der Waals surface area (Å²) in [6.07, 6.45) is 1.22. The van der Waals surface area contributed by atoms with E-state index in [1.807, 2.05) is 0 Å². The number of nitrogens with zero attached hydrogens (tertiary/aromatic N) is 1. The molecule has 0 atom stereocenters. The average molecular weight is 269 g/mol. The number of benzene rings is 1. The third-order valence-electron chi connectivity index (χ3n) is 2.36. The Morgan fingerprint density at radius 3 is 2.67 bits per heavy atom. The van der Waals surface area contributed by atoms with Gasteiger partial charge in [0.25, 0.3) is 6.54 Å². The van der Waals surface area contributed by atoms with Crippen molar-refractivity contribution in [2.45, 2.75) is 0 Å². The van der Waals surface area contributed by atoms with E-state index in [0.717, 1.165) is 0 Å². The number of ketones is 1. The number of nitro groups is 1. The molecule has 7 heteroatoms. The molecule has 18 heavy (non-hydrogen) atoms. The van der Waals surface area contributed by atoms with Crippen molar-refractivity contribution < 1.29 is 9.72 Å². The Labute approximate surface area is 107 Å². The van der Waals surface area contributed by atoms with E-state index in [0.29, 0.717) is 10.9 Å². The number of hydrogen-bond acceptors (Lipinski definition) is 4. The van der Waals surface area contributed by atoms with Crippen LogP contribution in [0.4, 0.5) is 0 Å². The molecule has 2 aromatic rings. The minimum absolute atomic E-state index is 0. The van der Waals surface area contributed by atoms with Crippen molar-refractivity contribution in [1.29, 1.82) is 0 Å². The number of para-hydroxylation sites is 1. The molecule has 0 radical (unpaired) electrons. The van der Waals surface area contributed by atoms with Gasteiger partial charge in [-0.05, 0) is 12.1 Å². The second-order valence-corrected chi connectivity index (χ2v) is 3.49. The van der Waals surface area contributed by atoms with Gasteiger partial charge in [-0.2, -0.15) is 0 Å². The number of H-pyrrole nitrogens is 1. The Morgan fingerprint density at radius 1 is 1.33 bits per heavy atom. The highest BCUT2D eigenvalue weighted by atomic mass is 35.5. The van der Waals surface area contributed by atoms with Gasteiger partial charge < -0.3 is 4.98 Å². The fourth-order valence-corrected chi connectivity index (χ4v) is 1.58. The lowest BCUT2D eigenvalue weighted by Crippen LogP contribution is -2.22. The number of halogens is 1. The summed E-state index contributed by atoms with van der Waals surface area (Å²) < 4.78 is 0. The summed E-state index contributed by atoms with van der Waals surface area (Å²) in [7, 11) is 0. The standard InChI is InChI=1S/C11H8N2O4.ClH/c14-10(6-13(16)17)8-5-12-9-4-2-1-3-7(9)11(8)15;/h1-5H,6H2,(H,12,15);1H. The average Bonchev–Trinajstić information content (AvgIpc) is 2.28. The van der Waals surface area contributed by atoms with Crippen LogP contribution in [0.25, 0.3) is 10.9 Å². The van der Waals surface area contributed by atoms with Gasteiger partial charge in [-0.25, -0.2) is 0 Å². The van der Waals surface area contributed by atoms with Gasteiger partial charge in [0.15, 0.2) is 5.43 Å². The Hall–Kier alpha value is -2.21. The molecule has 1 heterocycles. The monoisotopic (exact) mass is 268 g/mol. The first-order chi connectivity index (χ1) is 8.09. The largest absolute Gasteiger partial charge is 0.360 e. The minimum atomic E-state index is -0.874. The van der Waals surface area contributed by atoms with Gasteiger partial charge in [0.1, 0.15) is 0 Å². The van der Waals surface area contributed by atoms with E-state index in [9.17, 15) is 19.7 Å². The number of nitrogens with one attached hydrogen (secondary N) is 1. The van der Waals surface area contributed by atoms with E-state index in [-0.39, 0.29) is 18.0 Å². The second-order valence-electron chi connectivity index (χ2n) is 3.49. The van der Waals surface area contributed by atoms with E-state index in [2.05, 4.69) is 4.98 Å². The van der Waals surface area contributed by atoms with Crippen LogP contribution in [0.2, 0.25) is 0 Å². The molecule has 1 aromatic heterocycles. The molecule has 0 aliphatic carbocycles. The van der Waals surface area contributed by atoms with E-state index in [1.54, 1.807) is 24.3 Å². The third kappa shape index (κ3) is 2.54. The zero-order chi connectivity index (χ0) is 12.4. The molecule has 1 aromatic carbocycles. The quantitative estimate of drug-likeness (QED) is 0.517. The van der Waals surface area contributed by atoms with Crippen molar-refractivity contribution in [3.05, 3.63) is 56.4 Å². The molecule has 0 aliphatic rings. The highest BCUT2D eigenvalue weighted by Gasteiger charge is 2.17. The molecule has 0 unspecified atom stereocenters. The van der Waals surface area contributed by atoms with Crippen molar-refractivity contribution in [2.75, 3.05) is 6.54 Å². The molecule has 0 amide bonds. The maximum atomic E-state index is 11.9. The van der Waals surface area contributed by atoms with Crippen molar-refractivity contribution >= 4 is 29.1 Å². The van der Waals surface area contributed by atoms with E-state index in [4.69, 9.17) is 0 Å². The van der Waals surface area contributed by atoms with Crippen LogP contribution in [-0.4, -0.2) is 22.2 Å². The SMILES string of the molecule is Cl.O=C(C[N+](=O)[O-])c1c[nH]c2ccccc2c1=O. The van der Waals surface area contributed by atoms with Gasteiger partial charge in [-0.15, -0.1) is 12.4 Å². The molecular weight excluding hydrogens is 260 g/mol. The molecule has 0 saturated heterocycles. The Kier molecular flexibility index (Phi) is 4.17. The highest BCUT2D eigenvalue weighted by Crippen LogP contribution is 2.07. The zero-order valence-electron chi connectivity index (χ0n) is 9.08. The first-order valence-corrected chi connectivity index (χ1v) is 4.85. The Bertz CT molecular complexity index is 665. The number of Topliss-reactive ketones (excluding diaryl/α,β-unsaturated/α-hetero) is 1. The van der Waals surface area contributed by atoms with Crippen LogP contribution in [0.3, 0.4) is 0 Å². The number of rotatable bonds is 3. The van der Waals surface area contributed by atoms with Crippen LogP contribution in [-0.2, 0) is 0 Å². The normalized spacial score (nSPS) is 9.78. The number of hydrogen-bond donors (Lipinski definition) is 1. The topological polar surface area (TPSA) is 93.1 Å². The molecule has 0 saturated carbocycles. The maximum absolute atomic E-state index is 11.9. The number of pyridine rings is 1. The molecule has 0 bridgehead atoms. The molecule has 2 rings (SSSR count). The third-order valence-corrected chi connectivity index (χ3v) is 2.36. The summed E-state index contributed by atoms with van der Waals surface area (Å²) in [5.41, 5.74) is -0.0678. The van der Waals surface area contributed by atoms with Gasteiger partial charge in [0, 0.05) is 22.0 Å². The lowest BCUT2D eigenvalue weighted by molar-refractivity contribution is -0.465. The fraction of sp³-hybridized carbons (Fsp3) is 0.0909. The Balaban J connectivity index is 0.00000162. The summed E-state index contributed by atoms with van der Waals surface area (Å²) in [4.78, 5) is 35.6. The molecule has 1 N–H and O–H groups in total. The van der Waals surface area contributed by atoms with Gasteiger partial charge in [-0.1, -0.05) is 12.1 Å². The molecule has 0 spiro atoms. The molecule has 6 nitrogen and oxygen atoms in total. The molecule has 0 fully saturated rings. The highest BCUT2D eigenvalue weighted by molar-refractivity contribution is 5.99. The summed E-state index contributed by atoms with van der Waals surface area (Å²) in [6, 6.07) is 6.67. The lowest BCUT2D eigenvalue weighted by Gasteiger charge is -2.00. The van der Waals surface area contributed by atoms with E-state index in [1.165, 1.54) is 6.20 Å². The zero-order valence-corrected chi connectivity index (χ0v) is 9.90. The summed E-state index contributed by atoms with van der Waals surface area (Å²) in [6.45, 7) is -0.874. The number of carbonyl (C=O) groups is 1. The van der Waals surface area contributed by atoms with Crippen molar-refractivity contribution in [3.63, 3.8) is 0 Å². The van der Waals surface area contributed by atoms with E-state index < -0.39 is 22.7 Å². The molecule has 94 valence electrons. The maximum Gasteiger partial charge on any atom is 0.266 e. The number of aromatic nitrogens is 1. The van der Waals surface area contributed by atoms with Crippen LogP contribution >= 0.6 is 12.4 Å². The van der Waals surface area contributed by atoms with Gasteiger partial charge in [0.2, 0.25) is 5.78 Å². The van der Waals surface area contributed by atoms with Crippen molar-refractivity contribution in [1.82, 2.24) is 4.98 Å². The van der Waals surface area contributed by atoms with Gasteiger partial charge >= 0.3 is 0 Å². The first kappa shape index (κ1) is 13.9. The first-order valence-electron chi connectivity index (χ1n) is 4.85. The smallest absolute Gasteiger partial charge is 0.266 e. The Morgan fingerprint density at radius 2 is 2.00 bits per heavy atom. The summed E-state index contributed by atoms with van der Waals surface area (Å²) >= 11 is 0. The van der Waals surface area contributed by atoms with Crippen LogP contribution in [0.15, 0.2) is 35.3 Å². The van der Waals surface area contributed by atoms with Crippen LogP contribution < -0.4 is 5.43 Å². The van der Waals surface area contributed by atoms with Crippen molar-refractivity contribution in [2.24, 2.45) is 0 Å². The molecule has 0 aliphatic heterocycles. The summed E-state index contributed by atoms with van der Waals surface area (Å²) in [5, 5.41) is 10.6. The van der Waals surface area contributed by atoms with Crippen LogP contribution in [0.1, 0.15) is 10.4 Å². The summed E-state index contributed by atoms with van der Waals surface area (Å²) in [5.74, 6) is -0.790. The van der Waals surface area contributed by atoms with E-state index >= 15 is 0 Å². The number of fused-ring (bicyclic) bond motifs is 1. The number of carbonyl (C=O) groups excluding carboxylic acids is 1. The minimum Gasteiger partial charge on any atom is -0.360 e. The van der Waals surface area contributed by atoms with Gasteiger partial charge in [-0.3, -0.25) is 19.7 Å². The predicted octanol–water partition coefficient (Wildman–Crippen LogP) is 1.41. The second kappa shape index (κ2) is 5.42. The lowest BCUT2D eigenvalue weighted by atomic mass is 10.1. The predicted molar refractivity (Wildman–Crippen MR) is 68.0 cm³/mol.